The van der Waals surface area contributed by atoms with Crippen molar-refractivity contribution in [2.24, 2.45) is 0 Å². The third-order valence-corrected chi connectivity index (χ3v) is 6.57. The van der Waals surface area contributed by atoms with E-state index < -0.39 is 23.3 Å². The van der Waals surface area contributed by atoms with Crippen LogP contribution in [0.1, 0.15) is 26.2 Å². The molecule has 2 unspecified atom stereocenters. The zero-order chi connectivity index (χ0) is 24.9. The van der Waals surface area contributed by atoms with Gasteiger partial charge in [-0.25, -0.2) is 14.0 Å². The van der Waals surface area contributed by atoms with E-state index in [1.807, 2.05) is 24.3 Å². The molecule has 0 saturated carbocycles. The Morgan fingerprint density at radius 3 is 2.46 bits per heavy atom. The number of nitrogens with zero attached hydrogens (tertiary/aromatic N) is 3. The predicted octanol–water partition coefficient (Wildman–Crippen LogP) is 4.60. The molecule has 9 nitrogen and oxygen atoms in total. The topological polar surface area (TPSA) is 124 Å². The summed E-state index contributed by atoms with van der Waals surface area (Å²) in [5, 5.41) is 11.5. The zero-order valence-electron chi connectivity index (χ0n) is 19.0. The number of carboxylic acid groups (broad SMARTS) is 1. The number of para-hydroxylation sites is 1. The average molecular weight is 496 g/mol. The quantitative estimate of drug-likeness (QED) is 0.243. The van der Waals surface area contributed by atoms with Gasteiger partial charge in [-0.3, -0.25) is 18.6 Å². The number of carbonyl (C=O) groups excluding carboxylic acids is 1. The number of aromatic nitrogens is 1. The molecule has 182 valence electrons. The van der Waals surface area contributed by atoms with E-state index in [0.717, 1.165) is 15.1 Å². The molecule has 0 radical (unpaired) electrons. The lowest BCUT2D eigenvalue weighted by atomic mass is 10.1. The second kappa shape index (κ2) is 10.7. The summed E-state index contributed by atoms with van der Waals surface area (Å²) in [7, 11) is 0. The van der Waals surface area contributed by atoms with Crippen molar-refractivity contribution < 1.29 is 27.9 Å². The van der Waals surface area contributed by atoms with Crippen LogP contribution in [-0.4, -0.2) is 43.3 Å². The monoisotopic (exact) mass is 495 g/mol. The van der Waals surface area contributed by atoms with Crippen molar-refractivity contribution >= 4 is 56.6 Å². The molecule has 2 atom stereocenters. The van der Waals surface area contributed by atoms with E-state index in [2.05, 4.69) is 4.98 Å². The molecule has 10 heteroatoms. The van der Waals surface area contributed by atoms with Crippen LogP contribution in [0.25, 0.3) is 21.9 Å². The van der Waals surface area contributed by atoms with Crippen molar-refractivity contribution in [3.8, 4) is 0 Å². The Labute approximate surface area is 204 Å². The highest BCUT2D eigenvalue weighted by atomic mass is 32.2. The number of carboxylic acids is 1. The van der Waals surface area contributed by atoms with Crippen LogP contribution in [-0.2, 0) is 20.9 Å². The zero-order valence-corrected chi connectivity index (χ0v) is 19.9. The number of furan rings is 1. The lowest BCUT2D eigenvalue weighted by Gasteiger charge is -2.27. The number of benzene rings is 2. The third-order valence-electron chi connectivity index (χ3n) is 5.77. The molecule has 4 aromatic rings. The molecule has 35 heavy (non-hydrogen) atoms. The van der Waals surface area contributed by atoms with Crippen LogP contribution in [0.2, 0.25) is 0 Å². The highest BCUT2D eigenvalue weighted by molar-refractivity contribution is 7.80. The Hall–Kier alpha value is -3.76. The standard InChI is InChI=1S/C25H25N3O6S/c1-17(29)27(24-11-4-6-14-26-24)15-7-5-9-21(25(30)31)28(35(32)33)18-12-13-23-20(16-18)19-8-2-3-10-22(19)34-23/h2-4,6,8,10-14,16,21H,5,7,9,15H2,1H3,(H,30,31)(H,32,33). The normalized spacial score (nSPS) is 13.0. The van der Waals surface area contributed by atoms with Gasteiger partial charge in [-0.2, -0.15) is 0 Å². The van der Waals surface area contributed by atoms with E-state index >= 15 is 0 Å². The van der Waals surface area contributed by atoms with E-state index in [4.69, 9.17) is 4.42 Å². The second-order valence-electron chi connectivity index (χ2n) is 8.04. The first-order chi connectivity index (χ1) is 16.9. The number of pyridine rings is 1. The van der Waals surface area contributed by atoms with Gasteiger partial charge in [0.15, 0.2) is 0 Å². The first-order valence-corrected chi connectivity index (χ1v) is 12.2. The molecular formula is C25H25N3O6S. The SMILES string of the molecule is CC(=O)N(CCCCC(C(=O)O)N(c1ccc2oc3ccccc3c2c1)S(=O)O)c1ccccn1. The van der Waals surface area contributed by atoms with Crippen LogP contribution in [0.4, 0.5) is 11.5 Å². The first kappa shape index (κ1) is 24.4. The number of hydrogen-bond donors (Lipinski definition) is 2. The molecule has 2 heterocycles. The summed E-state index contributed by atoms with van der Waals surface area (Å²) in [5.41, 5.74) is 1.58. The largest absolute Gasteiger partial charge is 0.480 e. The molecule has 2 aromatic heterocycles. The minimum atomic E-state index is -2.57. The van der Waals surface area contributed by atoms with Crippen molar-refractivity contribution in [3.63, 3.8) is 0 Å². The van der Waals surface area contributed by atoms with Crippen molar-refractivity contribution in [2.45, 2.75) is 32.2 Å². The number of carbonyl (C=O) groups is 2. The molecule has 2 aromatic carbocycles. The maximum atomic E-state index is 12.3. The smallest absolute Gasteiger partial charge is 0.327 e. The van der Waals surface area contributed by atoms with Gasteiger partial charge in [0.05, 0.1) is 5.69 Å². The van der Waals surface area contributed by atoms with Crippen LogP contribution in [0, 0.1) is 0 Å². The molecule has 1 amide bonds. The minimum Gasteiger partial charge on any atom is -0.480 e. The first-order valence-electron chi connectivity index (χ1n) is 11.1. The Morgan fingerprint density at radius 1 is 1.03 bits per heavy atom. The summed E-state index contributed by atoms with van der Waals surface area (Å²) in [4.78, 5) is 29.9. The molecule has 0 fully saturated rings. The maximum absolute atomic E-state index is 12.3. The van der Waals surface area contributed by atoms with E-state index in [1.165, 1.54) is 11.8 Å². The van der Waals surface area contributed by atoms with Gasteiger partial charge >= 0.3 is 5.97 Å². The number of rotatable bonds is 10. The van der Waals surface area contributed by atoms with Gasteiger partial charge in [-0.05, 0) is 55.7 Å². The summed E-state index contributed by atoms with van der Waals surface area (Å²) in [6.07, 6.45) is 2.62. The van der Waals surface area contributed by atoms with Gasteiger partial charge in [0.1, 0.15) is 23.0 Å². The van der Waals surface area contributed by atoms with Crippen molar-refractivity contribution in [3.05, 3.63) is 66.9 Å². The van der Waals surface area contributed by atoms with Crippen molar-refractivity contribution in [1.29, 1.82) is 0 Å². The summed E-state index contributed by atoms with van der Waals surface area (Å²) in [6.45, 7) is 1.80. The second-order valence-corrected chi connectivity index (χ2v) is 8.90. The van der Waals surface area contributed by atoms with Gasteiger partial charge in [0.25, 0.3) is 11.3 Å². The van der Waals surface area contributed by atoms with Crippen molar-refractivity contribution in [2.75, 3.05) is 15.7 Å². The predicted molar refractivity (Wildman–Crippen MR) is 135 cm³/mol. The molecule has 0 aliphatic carbocycles. The Morgan fingerprint density at radius 2 is 1.77 bits per heavy atom. The molecule has 0 aliphatic rings. The number of amides is 1. The highest BCUT2D eigenvalue weighted by Gasteiger charge is 2.30. The van der Waals surface area contributed by atoms with Gasteiger partial charge in [0, 0.05) is 30.4 Å². The van der Waals surface area contributed by atoms with Crippen molar-refractivity contribution in [1.82, 2.24) is 4.98 Å². The minimum absolute atomic E-state index is 0.111. The Bertz CT molecular complexity index is 1370. The fourth-order valence-electron chi connectivity index (χ4n) is 4.13. The fraction of sp³-hybridized carbons (Fsp3) is 0.240. The van der Waals surface area contributed by atoms with E-state index in [9.17, 15) is 23.5 Å². The van der Waals surface area contributed by atoms with Gasteiger partial charge in [-0.1, -0.05) is 24.3 Å². The van der Waals surface area contributed by atoms with Crippen LogP contribution in [0.15, 0.2) is 71.3 Å². The molecule has 0 spiro atoms. The summed E-state index contributed by atoms with van der Waals surface area (Å²) in [6, 6.07) is 16.4. The number of hydrogen-bond acceptors (Lipinski definition) is 5. The number of unbranched alkanes of at least 4 members (excludes halogenated alkanes) is 1. The molecule has 0 bridgehead atoms. The van der Waals surface area contributed by atoms with Crippen LogP contribution in [0.3, 0.4) is 0 Å². The molecule has 4 rings (SSSR count). The van der Waals surface area contributed by atoms with Gasteiger partial charge in [0.2, 0.25) is 5.91 Å². The highest BCUT2D eigenvalue weighted by Crippen LogP contribution is 2.33. The van der Waals surface area contributed by atoms with Gasteiger partial charge < -0.3 is 9.52 Å². The van der Waals surface area contributed by atoms with E-state index in [-0.39, 0.29) is 12.3 Å². The lowest BCUT2D eigenvalue weighted by Crippen LogP contribution is -2.42. The average Bonchev–Trinajstić information content (AvgIpc) is 3.21. The van der Waals surface area contributed by atoms with Crippen LogP contribution < -0.4 is 9.21 Å². The Kier molecular flexibility index (Phi) is 7.42. The molecule has 0 aliphatic heterocycles. The van der Waals surface area contributed by atoms with Crippen LogP contribution >= 0.6 is 0 Å². The number of fused-ring (bicyclic) bond motifs is 3. The van der Waals surface area contributed by atoms with E-state index in [1.54, 1.807) is 42.6 Å². The number of aliphatic carboxylic acids is 1. The third kappa shape index (κ3) is 5.33. The van der Waals surface area contributed by atoms with E-state index in [0.29, 0.717) is 42.1 Å². The fourth-order valence-corrected chi connectivity index (χ4v) is 4.83. The summed E-state index contributed by atoms with van der Waals surface area (Å²) >= 11 is -2.57. The molecular weight excluding hydrogens is 470 g/mol. The Balaban J connectivity index is 1.52. The van der Waals surface area contributed by atoms with Gasteiger partial charge in [-0.15, -0.1) is 0 Å². The number of anilines is 2. The molecule has 2 N–H and O–H groups in total. The maximum Gasteiger partial charge on any atom is 0.327 e. The van der Waals surface area contributed by atoms with Crippen LogP contribution in [0.5, 0.6) is 0 Å². The summed E-state index contributed by atoms with van der Waals surface area (Å²) < 4.78 is 29.1. The lowest BCUT2D eigenvalue weighted by molar-refractivity contribution is -0.138. The molecule has 0 saturated heterocycles. The summed E-state index contributed by atoms with van der Waals surface area (Å²) in [5.74, 6) is -0.858.